The van der Waals surface area contributed by atoms with Gasteiger partial charge in [-0.25, -0.2) is 0 Å². The molecule has 9 heteroatoms. The van der Waals surface area contributed by atoms with Gasteiger partial charge < -0.3 is 38.3 Å². The van der Waals surface area contributed by atoms with E-state index in [0.717, 1.165) is 0 Å². The smallest absolute Gasteiger partial charge is 0.870 e. The fourth-order valence-corrected chi connectivity index (χ4v) is 0. The Hall–Kier alpha value is 1.05. The summed E-state index contributed by atoms with van der Waals surface area (Å²) in [6, 6.07) is 0. The Morgan fingerprint density at radius 2 is 0.333 bits per heavy atom. The summed E-state index contributed by atoms with van der Waals surface area (Å²) in [4.78, 5) is 0. The number of hydrogen-bond donors (Lipinski definition) is 0. The van der Waals surface area contributed by atoms with E-state index in [-0.39, 0.29) is 79.6 Å². The SMILES string of the molecule is [Cr+3].[OH-].[OH-].[OH-].[OH-].[OH-].[OH-].[OH-].[Sn+4]. The molecular formula is H7CrO7Sn. The van der Waals surface area contributed by atoms with Crippen LogP contribution in [-0.2, 0) is 17.4 Å². The van der Waals surface area contributed by atoms with Crippen molar-refractivity contribution >= 4 is 23.9 Å². The minimum absolute atomic E-state index is 0. The molecule has 0 aliphatic rings. The summed E-state index contributed by atoms with van der Waals surface area (Å²) in [6.07, 6.45) is 0. The van der Waals surface area contributed by atoms with Crippen LogP contribution in [0.5, 0.6) is 0 Å². The topological polar surface area (TPSA) is 210 Å². The van der Waals surface area contributed by atoms with E-state index in [9.17, 15) is 0 Å². The second-order valence-corrected chi connectivity index (χ2v) is 0. The van der Waals surface area contributed by atoms with E-state index in [1.807, 2.05) is 0 Å². The third kappa shape index (κ3) is 407. The van der Waals surface area contributed by atoms with E-state index in [0.29, 0.717) is 0 Å². The van der Waals surface area contributed by atoms with Crippen LogP contribution in [0.1, 0.15) is 0 Å². The van der Waals surface area contributed by atoms with Gasteiger partial charge in [0.25, 0.3) is 0 Å². The second kappa shape index (κ2) is 531. The number of hydrogen-bond acceptors (Lipinski definition) is 7. The zero-order chi connectivity index (χ0) is 0. The summed E-state index contributed by atoms with van der Waals surface area (Å²) in [5.41, 5.74) is 0. The molecule has 0 rings (SSSR count). The Bertz CT molecular complexity index is 8.88. The van der Waals surface area contributed by atoms with Crippen LogP contribution in [0.3, 0.4) is 0 Å². The second-order valence-electron chi connectivity index (χ2n) is 0. The Morgan fingerprint density at radius 3 is 0.333 bits per heavy atom. The van der Waals surface area contributed by atoms with E-state index in [2.05, 4.69) is 0 Å². The Morgan fingerprint density at radius 1 is 0.333 bits per heavy atom. The van der Waals surface area contributed by atoms with Crippen molar-refractivity contribution in [3.05, 3.63) is 0 Å². The van der Waals surface area contributed by atoms with Gasteiger partial charge in [0.1, 0.15) is 0 Å². The van der Waals surface area contributed by atoms with Crippen LogP contribution in [0.4, 0.5) is 0 Å². The van der Waals surface area contributed by atoms with E-state index in [1.165, 1.54) is 0 Å². The van der Waals surface area contributed by atoms with Crippen LogP contribution in [0, 0.1) is 0 Å². The zero-order valence-electron chi connectivity index (χ0n) is 4.04. The van der Waals surface area contributed by atoms with Gasteiger partial charge in [-0.1, -0.05) is 0 Å². The van der Waals surface area contributed by atoms with Crippen molar-refractivity contribution in [2.45, 2.75) is 0 Å². The van der Waals surface area contributed by atoms with E-state index >= 15 is 0 Å². The molecule has 0 aliphatic carbocycles. The molecule has 0 saturated carbocycles. The molecule has 0 spiro atoms. The maximum Gasteiger partial charge on any atom is 4.00 e. The summed E-state index contributed by atoms with van der Waals surface area (Å²) >= 11 is 0. The molecule has 0 bridgehead atoms. The van der Waals surface area contributed by atoms with Crippen LogP contribution in [0.25, 0.3) is 0 Å². The standard InChI is InChI=1S/Cr.7H2O.Sn/h;7*1H2;/q+3;;;;;;;;+4/p-7. The minimum atomic E-state index is 0. The molecule has 59 valence electrons. The summed E-state index contributed by atoms with van der Waals surface area (Å²) in [5.74, 6) is 0. The third-order valence-electron chi connectivity index (χ3n) is 0. The van der Waals surface area contributed by atoms with Gasteiger partial charge in [-0.2, -0.15) is 0 Å². The molecule has 0 aliphatic heterocycles. The van der Waals surface area contributed by atoms with Crippen molar-refractivity contribution in [1.29, 1.82) is 0 Å². The first-order chi connectivity index (χ1) is 0. The van der Waals surface area contributed by atoms with Crippen molar-refractivity contribution in [3.63, 3.8) is 0 Å². The van der Waals surface area contributed by atoms with Crippen LogP contribution in [-0.4, -0.2) is 62.2 Å². The largest absolute Gasteiger partial charge is 4.00 e. The minimum Gasteiger partial charge on any atom is -0.870 e. The third-order valence-corrected chi connectivity index (χ3v) is 0. The van der Waals surface area contributed by atoms with Crippen molar-refractivity contribution in [2.24, 2.45) is 0 Å². The molecule has 0 atom stereocenters. The van der Waals surface area contributed by atoms with Crippen LogP contribution in [0.2, 0.25) is 0 Å². The quantitative estimate of drug-likeness (QED) is 0.474. The Kier molecular flexibility index (Phi) is 44000. The fourth-order valence-electron chi connectivity index (χ4n) is 0. The van der Waals surface area contributed by atoms with E-state index < -0.39 is 0 Å². The molecule has 0 amide bonds. The van der Waals surface area contributed by atoms with Gasteiger partial charge in [-0.05, 0) is 0 Å². The van der Waals surface area contributed by atoms with E-state index in [4.69, 9.17) is 0 Å². The van der Waals surface area contributed by atoms with Gasteiger partial charge in [0.15, 0.2) is 0 Å². The van der Waals surface area contributed by atoms with Gasteiger partial charge in [-0.15, -0.1) is 0 Å². The van der Waals surface area contributed by atoms with Crippen molar-refractivity contribution in [2.75, 3.05) is 0 Å². The summed E-state index contributed by atoms with van der Waals surface area (Å²) < 4.78 is 0. The molecule has 1 radical (unpaired) electrons. The predicted molar refractivity (Wildman–Crippen MR) is 19.3 cm³/mol. The van der Waals surface area contributed by atoms with Crippen molar-refractivity contribution < 1.29 is 55.7 Å². The Balaban J connectivity index is 0. The average Bonchev–Trinajstić information content (AvgIpc) is 0. The normalized spacial score (nSPS) is 0. The average molecular weight is 290 g/mol. The molecule has 0 aromatic heterocycles. The number of rotatable bonds is 0. The summed E-state index contributed by atoms with van der Waals surface area (Å²) in [7, 11) is 0. The molecule has 0 saturated heterocycles. The molecule has 9 heavy (non-hydrogen) atoms. The van der Waals surface area contributed by atoms with E-state index in [1.54, 1.807) is 0 Å². The molecule has 0 aromatic carbocycles. The predicted octanol–water partition coefficient (Wildman–Crippen LogP) is -1.62. The fraction of sp³-hybridized carbons (Fsp3) is 0. The molecule has 0 unspecified atom stereocenters. The van der Waals surface area contributed by atoms with Crippen molar-refractivity contribution in [3.8, 4) is 0 Å². The van der Waals surface area contributed by atoms with Gasteiger partial charge in [-0.3, -0.25) is 0 Å². The summed E-state index contributed by atoms with van der Waals surface area (Å²) in [6.45, 7) is 0. The molecule has 7 N–H and O–H groups in total. The maximum atomic E-state index is 0. The van der Waals surface area contributed by atoms with Crippen LogP contribution in [0.15, 0.2) is 0 Å². The first-order valence-corrected chi connectivity index (χ1v) is 0. The maximum absolute atomic E-state index is 0. The molecule has 0 heterocycles. The molecule has 7 nitrogen and oxygen atoms in total. The molecular weight excluding hydrogens is 283 g/mol. The summed E-state index contributed by atoms with van der Waals surface area (Å²) in [5, 5.41) is 0. The van der Waals surface area contributed by atoms with Crippen LogP contribution < -0.4 is 0 Å². The van der Waals surface area contributed by atoms with Crippen molar-refractivity contribution in [1.82, 2.24) is 0 Å². The first kappa shape index (κ1) is 745. The van der Waals surface area contributed by atoms with Gasteiger partial charge in [0.2, 0.25) is 0 Å². The monoisotopic (exact) mass is 291 g/mol. The van der Waals surface area contributed by atoms with Crippen LogP contribution >= 0.6 is 0 Å². The van der Waals surface area contributed by atoms with Gasteiger partial charge >= 0.3 is 41.3 Å². The molecule has 0 aromatic rings. The molecule has 0 fully saturated rings. The van der Waals surface area contributed by atoms with Gasteiger partial charge in [0, 0.05) is 0 Å². The van der Waals surface area contributed by atoms with Gasteiger partial charge in [0.05, 0.1) is 0 Å². The first-order valence-electron chi connectivity index (χ1n) is 0. The Labute approximate surface area is 79.7 Å². The zero-order valence-corrected chi connectivity index (χ0v) is 8.17.